The quantitative estimate of drug-likeness (QED) is 0.780. The van der Waals surface area contributed by atoms with Gasteiger partial charge in [0.25, 0.3) is 11.3 Å². The molecule has 18 heavy (non-hydrogen) atoms. The molecule has 6 nitrogen and oxygen atoms in total. The molecular weight excluding hydrogens is 251 g/mol. The minimum Gasteiger partial charge on any atom is -0.311 e. The summed E-state index contributed by atoms with van der Waals surface area (Å²) in [5.74, 6) is -0.707. The van der Waals surface area contributed by atoms with Crippen LogP contribution >= 0.6 is 0 Å². The Morgan fingerprint density at radius 1 is 1.39 bits per heavy atom. The van der Waals surface area contributed by atoms with Crippen molar-refractivity contribution in [2.45, 2.75) is 25.6 Å². The van der Waals surface area contributed by atoms with Crippen LogP contribution in [0.2, 0.25) is 0 Å². The highest BCUT2D eigenvalue weighted by Gasteiger charge is 2.52. The number of nitrogens with one attached hydrogen (secondary N) is 1. The molecule has 2 rings (SSSR count). The van der Waals surface area contributed by atoms with Gasteiger partial charge < -0.3 is 5.73 Å². The largest absolute Gasteiger partial charge is 0.413 e. The number of H-pyrrole nitrogens is 1. The zero-order valence-electron chi connectivity index (χ0n) is 9.54. The third kappa shape index (κ3) is 1.76. The van der Waals surface area contributed by atoms with Crippen LogP contribution in [0, 0.1) is 6.92 Å². The van der Waals surface area contributed by atoms with E-state index in [1.165, 1.54) is 6.07 Å². The van der Waals surface area contributed by atoms with Crippen molar-refractivity contribution in [2.75, 3.05) is 0 Å². The number of aryl methyl sites for hydroxylation is 1. The molecule has 0 radical (unpaired) electrons. The van der Waals surface area contributed by atoms with Gasteiger partial charge in [-0.25, -0.2) is 4.98 Å². The Labute approximate surface area is 98.6 Å². The van der Waals surface area contributed by atoms with Gasteiger partial charge in [0, 0.05) is 11.8 Å². The van der Waals surface area contributed by atoms with E-state index < -0.39 is 23.1 Å². The predicted octanol–water partition coefficient (Wildman–Crippen LogP) is 0.462. The van der Waals surface area contributed by atoms with E-state index in [4.69, 9.17) is 5.73 Å². The normalized spacial score (nSPS) is 15.9. The Morgan fingerprint density at radius 3 is 2.56 bits per heavy atom. The summed E-state index contributed by atoms with van der Waals surface area (Å²) >= 11 is 0. The maximum Gasteiger partial charge on any atom is 0.413 e. The number of fused-ring (bicyclic) bond motifs is 1. The predicted molar refractivity (Wildman–Crippen MR) is 55.9 cm³/mol. The molecule has 0 bridgehead atoms. The summed E-state index contributed by atoms with van der Waals surface area (Å²) in [5.41, 5.74) is 2.34. The van der Waals surface area contributed by atoms with Crippen molar-refractivity contribution >= 4 is 5.78 Å². The van der Waals surface area contributed by atoms with Crippen LogP contribution in [0.4, 0.5) is 13.2 Å². The van der Waals surface area contributed by atoms with Crippen molar-refractivity contribution in [3.8, 4) is 0 Å². The van der Waals surface area contributed by atoms with E-state index in [9.17, 15) is 18.0 Å². The van der Waals surface area contributed by atoms with E-state index >= 15 is 0 Å². The topological polar surface area (TPSA) is 89.1 Å². The summed E-state index contributed by atoms with van der Waals surface area (Å²) in [6.07, 6.45) is -4.69. The summed E-state index contributed by atoms with van der Waals surface area (Å²) in [6, 6.07) is 1.18. The molecule has 0 saturated heterocycles. The van der Waals surface area contributed by atoms with Gasteiger partial charge >= 0.3 is 6.18 Å². The van der Waals surface area contributed by atoms with E-state index in [1.54, 1.807) is 6.92 Å². The van der Waals surface area contributed by atoms with Gasteiger partial charge in [0.1, 0.15) is 0 Å². The van der Waals surface area contributed by atoms with E-state index in [1.807, 2.05) is 0 Å². The summed E-state index contributed by atoms with van der Waals surface area (Å²) in [5, 5.41) is 2.22. The first-order chi connectivity index (χ1) is 8.13. The average molecular weight is 261 g/mol. The molecule has 3 N–H and O–H groups in total. The number of hydrogen-bond acceptors (Lipinski definition) is 4. The van der Waals surface area contributed by atoms with E-state index in [0.717, 1.165) is 11.4 Å². The molecule has 1 atom stereocenters. The molecule has 98 valence electrons. The molecule has 0 fully saturated rings. The second-order valence-electron chi connectivity index (χ2n) is 4.14. The third-order valence-corrected chi connectivity index (χ3v) is 2.54. The minimum absolute atomic E-state index is 0.143. The number of nitrogens with two attached hydrogens (primary N) is 1. The molecular formula is C9H10F3N5O. The number of halogens is 3. The van der Waals surface area contributed by atoms with Gasteiger partial charge in [0.15, 0.2) is 11.4 Å². The van der Waals surface area contributed by atoms with Crippen molar-refractivity contribution in [3.05, 3.63) is 27.9 Å². The maximum atomic E-state index is 12.7. The lowest BCUT2D eigenvalue weighted by Crippen LogP contribution is -2.48. The number of nitrogens with zero attached hydrogens (tertiary/aromatic N) is 3. The summed E-state index contributed by atoms with van der Waals surface area (Å²) < 4.78 is 39.0. The summed E-state index contributed by atoms with van der Waals surface area (Å²) in [6.45, 7) is 2.31. The zero-order chi connectivity index (χ0) is 13.7. The van der Waals surface area contributed by atoms with E-state index in [2.05, 4.69) is 15.1 Å². The maximum absolute atomic E-state index is 12.7. The van der Waals surface area contributed by atoms with Gasteiger partial charge in [-0.15, -0.1) is 0 Å². The van der Waals surface area contributed by atoms with Crippen LogP contribution in [0.1, 0.15) is 18.4 Å². The van der Waals surface area contributed by atoms with Gasteiger partial charge in [-0.05, 0) is 13.8 Å². The molecule has 2 aromatic heterocycles. The van der Waals surface area contributed by atoms with Crippen molar-refractivity contribution < 1.29 is 13.2 Å². The lowest BCUT2D eigenvalue weighted by molar-refractivity contribution is -0.186. The molecule has 0 aliphatic heterocycles. The van der Waals surface area contributed by atoms with Crippen molar-refractivity contribution in [2.24, 2.45) is 5.73 Å². The molecule has 0 aliphatic rings. The van der Waals surface area contributed by atoms with Crippen molar-refractivity contribution in [3.63, 3.8) is 0 Å². The second kappa shape index (κ2) is 3.55. The molecule has 2 heterocycles. The summed E-state index contributed by atoms with van der Waals surface area (Å²) in [4.78, 5) is 19.0. The molecule has 9 heteroatoms. The standard InChI is InChI=1S/C9H10F3N5O/c1-4-3-5(18)17-7(14-4)15-6(16-17)8(2,13)9(10,11)12/h3H,13H2,1-2H3,(H,14,15,16). The van der Waals surface area contributed by atoms with Crippen LogP contribution in [0.25, 0.3) is 5.78 Å². The number of aromatic amines is 1. The van der Waals surface area contributed by atoms with Gasteiger partial charge in [-0.2, -0.15) is 22.7 Å². The Morgan fingerprint density at radius 2 is 2.00 bits per heavy atom. The monoisotopic (exact) mass is 261 g/mol. The zero-order valence-corrected chi connectivity index (χ0v) is 9.54. The van der Waals surface area contributed by atoms with Crippen LogP contribution in [0.15, 0.2) is 10.9 Å². The number of rotatable bonds is 1. The molecule has 0 saturated carbocycles. The highest BCUT2D eigenvalue weighted by molar-refractivity contribution is 5.29. The van der Waals surface area contributed by atoms with Crippen molar-refractivity contribution in [1.29, 1.82) is 0 Å². The Bertz CT molecular complexity index is 654. The van der Waals surface area contributed by atoms with Crippen LogP contribution in [0.5, 0.6) is 0 Å². The SMILES string of the molecule is Cc1cc(=O)n2[nH]c(C(C)(N)C(F)(F)F)nc2n1. The first kappa shape index (κ1) is 12.6. The molecule has 0 spiro atoms. The van der Waals surface area contributed by atoms with Crippen LogP contribution in [-0.4, -0.2) is 25.8 Å². The van der Waals surface area contributed by atoms with Gasteiger partial charge in [0.2, 0.25) is 0 Å². The second-order valence-corrected chi connectivity index (χ2v) is 4.14. The highest BCUT2D eigenvalue weighted by Crippen LogP contribution is 2.34. The lowest BCUT2D eigenvalue weighted by Gasteiger charge is -2.24. The number of hydrogen-bond donors (Lipinski definition) is 2. The number of alkyl halides is 3. The molecule has 2 aromatic rings. The molecule has 1 unspecified atom stereocenters. The van der Waals surface area contributed by atoms with Crippen LogP contribution in [0.3, 0.4) is 0 Å². The van der Waals surface area contributed by atoms with Gasteiger partial charge in [-0.1, -0.05) is 0 Å². The van der Waals surface area contributed by atoms with E-state index in [-0.39, 0.29) is 5.78 Å². The first-order valence-electron chi connectivity index (χ1n) is 4.95. The summed E-state index contributed by atoms with van der Waals surface area (Å²) in [7, 11) is 0. The van der Waals surface area contributed by atoms with Gasteiger partial charge in [-0.3, -0.25) is 9.89 Å². The molecule has 0 amide bonds. The van der Waals surface area contributed by atoms with Crippen LogP contribution < -0.4 is 11.3 Å². The fraction of sp³-hybridized carbons (Fsp3) is 0.444. The smallest absolute Gasteiger partial charge is 0.311 e. The minimum atomic E-state index is -4.69. The third-order valence-electron chi connectivity index (χ3n) is 2.54. The average Bonchev–Trinajstić information content (AvgIpc) is 2.59. The highest BCUT2D eigenvalue weighted by atomic mass is 19.4. The fourth-order valence-electron chi connectivity index (χ4n) is 1.36. The fourth-order valence-corrected chi connectivity index (χ4v) is 1.36. The molecule has 0 aromatic carbocycles. The molecule has 0 aliphatic carbocycles. The van der Waals surface area contributed by atoms with Crippen molar-refractivity contribution in [1.82, 2.24) is 19.6 Å². The number of aromatic nitrogens is 4. The Kier molecular flexibility index (Phi) is 2.47. The first-order valence-corrected chi connectivity index (χ1v) is 4.95. The Hall–Kier alpha value is -1.90. The van der Waals surface area contributed by atoms with E-state index in [0.29, 0.717) is 5.69 Å². The van der Waals surface area contributed by atoms with Gasteiger partial charge in [0.05, 0.1) is 0 Å². The van der Waals surface area contributed by atoms with Crippen LogP contribution in [-0.2, 0) is 5.54 Å². The Balaban J connectivity index is 2.69. The lowest BCUT2D eigenvalue weighted by atomic mass is 10.0.